The van der Waals surface area contributed by atoms with Gasteiger partial charge in [-0.15, -0.1) is 0 Å². The molecule has 0 aliphatic carbocycles. The largest absolute Gasteiger partial charge is 0.380 e. The molecule has 3 rings (SSSR count). The van der Waals surface area contributed by atoms with Crippen LogP contribution in [0.2, 0.25) is 0 Å². The van der Waals surface area contributed by atoms with E-state index >= 15 is 0 Å². The number of nitrogens with one attached hydrogen (secondary N) is 1. The summed E-state index contributed by atoms with van der Waals surface area (Å²) in [5.74, 6) is -0.293. The predicted molar refractivity (Wildman–Crippen MR) is 99.5 cm³/mol. The van der Waals surface area contributed by atoms with Crippen molar-refractivity contribution in [2.45, 2.75) is 24.3 Å². The number of nitrogens with zero attached hydrogens (tertiary/aromatic N) is 1. The number of benzene rings is 2. The summed E-state index contributed by atoms with van der Waals surface area (Å²) in [4.78, 5) is 12.7. The van der Waals surface area contributed by atoms with Gasteiger partial charge < -0.3 is 10.1 Å². The second-order valence-corrected chi connectivity index (χ2v) is 8.12. The van der Waals surface area contributed by atoms with Crippen LogP contribution in [0.15, 0.2) is 53.4 Å². The Balaban J connectivity index is 1.75. The van der Waals surface area contributed by atoms with Gasteiger partial charge in [0.25, 0.3) is 5.91 Å². The lowest BCUT2D eigenvalue weighted by Crippen LogP contribution is -2.27. The zero-order valence-electron chi connectivity index (χ0n) is 14.6. The Hall–Kier alpha value is -2.22. The van der Waals surface area contributed by atoms with Crippen LogP contribution < -0.4 is 5.32 Å². The summed E-state index contributed by atoms with van der Waals surface area (Å²) >= 11 is 0. The molecular formula is C19H22N2O4S. The van der Waals surface area contributed by atoms with Gasteiger partial charge in [0, 0.05) is 37.0 Å². The van der Waals surface area contributed by atoms with E-state index in [9.17, 15) is 13.2 Å². The molecule has 7 heteroatoms. The maximum atomic E-state index is 12.5. The number of anilines is 1. The Kier molecular flexibility index (Phi) is 5.70. The van der Waals surface area contributed by atoms with Crippen molar-refractivity contribution in [1.82, 2.24) is 4.31 Å². The SMILES string of the molecule is COCc1ccccc1NC(=O)c1ccc(S(=O)(=O)N2CCCC2)cc1. The lowest BCUT2D eigenvalue weighted by atomic mass is 10.1. The van der Waals surface area contributed by atoms with E-state index in [2.05, 4.69) is 5.32 Å². The number of carbonyl (C=O) groups is 1. The van der Waals surface area contributed by atoms with Crippen molar-refractivity contribution in [3.63, 3.8) is 0 Å². The Bertz CT molecular complexity index is 873. The normalized spacial score (nSPS) is 15.1. The standard InChI is InChI=1S/C19H22N2O4S/c1-25-14-16-6-2-3-7-18(16)20-19(22)15-8-10-17(11-9-15)26(23,24)21-12-4-5-13-21/h2-3,6-11H,4-5,12-14H2,1H3,(H,20,22). The van der Waals surface area contributed by atoms with E-state index in [1.165, 1.54) is 28.6 Å². The molecule has 0 aromatic heterocycles. The van der Waals surface area contributed by atoms with Crippen molar-refractivity contribution < 1.29 is 17.9 Å². The van der Waals surface area contributed by atoms with Crippen LogP contribution in [-0.2, 0) is 21.4 Å². The molecule has 1 heterocycles. The quantitative estimate of drug-likeness (QED) is 0.844. The van der Waals surface area contributed by atoms with Gasteiger partial charge in [-0.1, -0.05) is 18.2 Å². The van der Waals surface area contributed by atoms with Crippen LogP contribution in [0, 0.1) is 0 Å². The average Bonchev–Trinajstić information content (AvgIpc) is 3.19. The van der Waals surface area contributed by atoms with Gasteiger partial charge in [0.15, 0.2) is 0 Å². The first-order valence-corrected chi connectivity index (χ1v) is 9.95. The van der Waals surface area contributed by atoms with E-state index in [4.69, 9.17) is 4.74 Å². The number of amides is 1. The topological polar surface area (TPSA) is 75.7 Å². The molecule has 0 spiro atoms. The highest BCUT2D eigenvalue weighted by molar-refractivity contribution is 7.89. The molecule has 138 valence electrons. The number of methoxy groups -OCH3 is 1. The van der Waals surface area contributed by atoms with E-state index in [1.54, 1.807) is 13.2 Å². The number of rotatable bonds is 6. The number of para-hydroxylation sites is 1. The molecule has 1 aliphatic heterocycles. The fourth-order valence-electron chi connectivity index (χ4n) is 2.97. The molecule has 2 aromatic carbocycles. The third-order valence-corrected chi connectivity index (χ3v) is 6.30. The zero-order valence-corrected chi connectivity index (χ0v) is 15.5. The van der Waals surface area contributed by atoms with Gasteiger partial charge in [0.2, 0.25) is 10.0 Å². The van der Waals surface area contributed by atoms with Crippen LogP contribution in [-0.4, -0.2) is 38.8 Å². The van der Waals surface area contributed by atoms with Crippen molar-refractivity contribution in [2.24, 2.45) is 0 Å². The summed E-state index contributed by atoms with van der Waals surface area (Å²) in [6.45, 7) is 1.51. The third kappa shape index (κ3) is 3.95. The van der Waals surface area contributed by atoms with Gasteiger partial charge in [-0.25, -0.2) is 8.42 Å². The predicted octanol–water partition coefficient (Wildman–Crippen LogP) is 2.87. The Morgan fingerprint density at radius 1 is 1.08 bits per heavy atom. The van der Waals surface area contributed by atoms with Crippen molar-refractivity contribution in [3.05, 3.63) is 59.7 Å². The summed E-state index contributed by atoms with van der Waals surface area (Å²) in [7, 11) is -1.87. The number of hydrogen-bond donors (Lipinski definition) is 1. The monoisotopic (exact) mass is 374 g/mol. The van der Waals surface area contributed by atoms with Crippen LogP contribution in [0.1, 0.15) is 28.8 Å². The average molecular weight is 374 g/mol. The molecule has 1 amide bonds. The highest BCUT2D eigenvalue weighted by Crippen LogP contribution is 2.22. The van der Waals surface area contributed by atoms with Crippen LogP contribution in [0.5, 0.6) is 0 Å². The van der Waals surface area contributed by atoms with Gasteiger partial charge in [0.1, 0.15) is 0 Å². The lowest BCUT2D eigenvalue weighted by molar-refractivity contribution is 0.102. The van der Waals surface area contributed by atoms with Crippen molar-refractivity contribution in [1.29, 1.82) is 0 Å². The van der Waals surface area contributed by atoms with Gasteiger partial charge in [0.05, 0.1) is 11.5 Å². The minimum atomic E-state index is -3.47. The fourth-order valence-corrected chi connectivity index (χ4v) is 4.49. The van der Waals surface area contributed by atoms with Crippen molar-refractivity contribution in [3.8, 4) is 0 Å². The van der Waals surface area contributed by atoms with E-state index in [0.717, 1.165) is 18.4 Å². The molecule has 0 atom stereocenters. The molecule has 26 heavy (non-hydrogen) atoms. The summed E-state index contributed by atoms with van der Waals surface area (Å²) in [5.41, 5.74) is 1.95. The second kappa shape index (κ2) is 7.99. The van der Waals surface area contributed by atoms with Crippen LogP contribution in [0.3, 0.4) is 0 Å². The molecule has 0 radical (unpaired) electrons. The Morgan fingerprint density at radius 2 is 1.73 bits per heavy atom. The third-order valence-electron chi connectivity index (χ3n) is 4.38. The van der Waals surface area contributed by atoms with E-state index in [1.807, 2.05) is 18.2 Å². The molecule has 1 fully saturated rings. The second-order valence-electron chi connectivity index (χ2n) is 6.18. The summed E-state index contributed by atoms with van der Waals surface area (Å²) in [6, 6.07) is 13.5. The summed E-state index contributed by atoms with van der Waals surface area (Å²) in [5, 5.41) is 2.85. The molecule has 0 saturated carbocycles. The highest BCUT2D eigenvalue weighted by atomic mass is 32.2. The molecule has 2 aromatic rings. The first-order valence-electron chi connectivity index (χ1n) is 8.51. The minimum absolute atomic E-state index is 0.218. The molecule has 0 unspecified atom stereocenters. The van der Waals surface area contributed by atoms with E-state index < -0.39 is 10.0 Å². The van der Waals surface area contributed by atoms with Crippen molar-refractivity contribution in [2.75, 3.05) is 25.5 Å². The van der Waals surface area contributed by atoms with Gasteiger partial charge in [-0.2, -0.15) is 4.31 Å². The molecular weight excluding hydrogens is 352 g/mol. The lowest BCUT2D eigenvalue weighted by Gasteiger charge is -2.15. The summed E-state index contributed by atoms with van der Waals surface area (Å²) < 4.78 is 31.7. The molecule has 1 aliphatic rings. The van der Waals surface area contributed by atoms with Gasteiger partial charge in [-0.05, 0) is 43.2 Å². The maximum absolute atomic E-state index is 12.5. The molecule has 1 N–H and O–H groups in total. The minimum Gasteiger partial charge on any atom is -0.380 e. The molecule has 6 nitrogen and oxygen atoms in total. The first kappa shape index (κ1) is 18.6. The molecule has 1 saturated heterocycles. The maximum Gasteiger partial charge on any atom is 0.255 e. The summed E-state index contributed by atoms with van der Waals surface area (Å²) in [6.07, 6.45) is 1.78. The zero-order chi connectivity index (χ0) is 18.6. The van der Waals surface area contributed by atoms with Gasteiger partial charge >= 0.3 is 0 Å². The van der Waals surface area contributed by atoms with Gasteiger partial charge in [-0.3, -0.25) is 4.79 Å². The Labute approximate surface area is 153 Å². The van der Waals surface area contributed by atoms with E-state index in [0.29, 0.717) is 30.9 Å². The van der Waals surface area contributed by atoms with E-state index in [-0.39, 0.29) is 10.8 Å². The molecule has 0 bridgehead atoms. The van der Waals surface area contributed by atoms with Crippen molar-refractivity contribution >= 4 is 21.6 Å². The van der Waals surface area contributed by atoms with Crippen LogP contribution in [0.25, 0.3) is 0 Å². The fraction of sp³-hybridized carbons (Fsp3) is 0.316. The number of ether oxygens (including phenoxy) is 1. The smallest absolute Gasteiger partial charge is 0.255 e. The number of carbonyl (C=O) groups excluding carboxylic acids is 1. The first-order chi connectivity index (χ1) is 12.5. The number of hydrogen-bond acceptors (Lipinski definition) is 4. The number of sulfonamides is 1. The Morgan fingerprint density at radius 3 is 2.38 bits per heavy atom. The van der Waals surface area contributed by atoms with Crippen LogP contribution >= 0.6 is 0 Å². The highest BCUT2D eigenvalue weighted by Gasteiger charge is 2.27. The van der Waals surface area contributed by atoms with Crippen LogP contribution in [0.4, 0.5) is 5.69 Å².